The molecule has 4 heteroatoms. The van der Waals surface area contributed by atoms with Gasteiger partial charge in [0.1, 0.15) is 0 Å². The van der Waals surface area contributed by atoms with Crippen LogP contribution >= 0.6 is 0 Å². The highest BCUT2D eigenvalue weighted by Crippen LogP contribution is 2.15. The van der Waals surface area contributed by atoms with Crippen molar-refractivity contribution in [1.82, 2.24) is 5.32 Å². The minimum absolute atomic E-state index is 0.0731. The first kappa shape index (κ1) is 46.9. The number of nitrogens with one attached hydrogen (secondary N) is 1. The van der Waals surface area contributed by atoms with E-state index in [9.17, 15) is 15.0 Å². The number of allylic oxidation sites excluding steroid dienone is 3. The molecule has 0 heterocycles. The molecule has 0 rings (SSSR count). The second kappa shape index (κ2) is 40.3. The van der Waals surface area contributed by atoms with Crippen LogP contribution in [-0.4, -0.2) is 34.9 Å². The molecule has 3 N–H and O–H groups in total. The Morgan fingerprint density at radius 1 is 0.479 bits per heavy atom. The van der Waals surface area contributed by atoms with Crippen LogP contribution < -0.4 is 5.32 Å². The van der Waals surface area contributed by atoms with Gasteiger partial charge in [-0.15, -0.1) is 0 Å². The summed E-state index contributed by atoms with van der Waals surface area (Å²) in [6.45, 7) is 4.30. The van der Waals surface area contributed by atoms with Gasteiger partial charge in [-0.3, -0.25) is 4.79 Å². The van der Waals surface area contributed by atoms with Crippen molar-refractivity contribution in [2.24, 2.45) is 0 Å². The van der Waals surface area contributed by atoms with Gasteiger partial charge in [0.15, 0.2) is 0 Å². The average molecular weight is 676 g/mol. The van der Waals surface area contributed by atoms with Gasteiger partial charge in [-0.1, -0.05) is 218 Å². The van der Waals surface area contributed by atoms with E-state index >= 15 is 0 Å². The maximum atomic E-state index is 12.3. The van der Waals surface area contributed by atoms with Crippen molar-refractivity contribution in [3.05, 3.63) is 24.3 Å². The van der Waals surface area contributed by atoms with Crippen LogP contribution in [0.2, 0.25) is 0 Å². The Morgan fingerprint density at radius 2 is 0.812 bits per heavy atom. The van der Waals surface area contributed by atoms with Crippen LogP contribution in [0, 0.1) is 0 Å². The van der Waals surface area contributed by atoms with Crippen molar-refractivity contribution in [1.29, 1.82) is 0 Å². The largest absolute Gasteiger partial charge is 0.394 e. The standard InChI is InChI=1S/C44H85NO3/c1-3-5-7-9-11-13-15-17-18-19-20-21-22-23-24-25-26-27-28-29-31-33-35-37-39-43(47)42(41-46)45-44(48)40-38-36-34-32-30-16-14-12-10-8-6-4-2/h29,31,37,39,42-43,46-47H,3-28,30,32-36,38,40-41H2,1-2H3,(H,45,48)/b31-29+,39-37+. The van der Waals surface area contributed by atoms with Gasteiger partial charge in [-0.25, -0.2) is 0 Å². The fraction of sp³-hybridized carbons (Fsp3) is 0.886. The van der Waals surface area contributed by atoms with Crippen LogP contribution in [-0.2, 0) is 4.79 Å². The third-order valence-corrected chi connectivity index (χ3v) is 9.94. The van der Waals surface area contributed by atoms with Crippen LogP contribution in [0.1, 0.15) is 232 Å². The van der Waals surface area contributed by atoms with Gasteiger partial charge < -0.3 is 15.5 Å². The third-order valence-electron chi connectivity index (χ3n) is 9.94. The molecule has 0 bridgehead atoms. The molecule has 0 aliphatic rings. The van der Waals surface area contributed by atoms with Gasteiger partial charge in [0.2, 0.25) is 5.91 Å². The summed E-state index contributed by atoms with van der Waals surface area (Å²) >= 11 is 0. The minimum atomic E-state index is -0.857. The highest BCUT2D eigenvalue weighted by atomic mass is 16.3. The summed E-state index contributed by atoms with van der Waals surface area (Å²) in [6.07, 6.45) is 51.5. The summed E-state index contributed by atoms with van der Waals surface area (Å²) in [5.74, 6) is -0.0731. The summed E-state index contributed by atoms with van der Waals surface area (Å²) in [5, 5.41) is 22.9. The molecule has 0 radical (unpaired) electrons. The van der Waals surface area contributed by atoms with Crippen molar-refractivity contribution in [2.45, 2.75) is 244 Å². The SMILES string of the molecule is CCCCCCCCCCCCCCCCCCCC/C=C/CC/C=C/C(O)C(CO)NC(=O)CCCCCCCCCCCCCC. The zero-order valence-electron chi connectivity index (χ0n) is 32.5. The van der Waals surface area contributed by atoms with Gasteiger partial charge in [0.25, 0.3) is 0 Å². The van der Waals surface area contributed by atoms with Gasteiger partial charge >= 0.3 is 0 Å². The van der Waals surface area contributed by atoms with E-state index < -0.39 is 12.1 Å². The first-order valence-corrected chi connectivity index (χ1v) is 21.6. The number of hydrogen-bond donors (Lipinski definition) is 3. The zero-order valence-corrected chi connectivity index (χ0v) is 32.5. The predicted octanol–water partition coefficient (Wildman–Crippen LogP) is 13.2. The second-order valence-corrected chi connectivity index (χ2v) is 14.8. The summed E-state index contributed by atoms with van der Waals surface area (Å²) in [5.41, 5.74) is 0. The molecule has 1 amide bonds. The molecule has 0 saturated carbocycles. The lowest BCUT2D eigenvalue weighted by atomic mass is 10.0. The van der Waals surface area contributed by atoms with Gasteiger partial charge in [-0.2, -0.15) is 0 Å². The van der Waals surface area contributed by atoms with Crippen LogP contribution in [0.25, 0.3) is 0 Å². The highest BCUT2D eigenvalue weighted by Gasteiger charge is 2.17. The van der Waals surface area contributed by atoms with Crippen molar-refractivity contribution < 1.29 is 15.0 Å². The Kier molecular flexibility index (Phi) is 39.4. The molecule has 0 aromatic heterocycles. The van der Waals surface area contributed by atoms with E-state index in [1.165, 1.54) is 180 Å². The second-order valence-electron chi connectivity index (χ2n) is 14.8. The first-order chi connectivity index (χ1) is 23.7. The summed E-state index contributed by atoms with van der Waals surface area (Å²) < 4.78 is 0. The van der Waals surface area contributed by atoms with E-state index in [1.54, 1.807) is 6.08 Å². The molecule has 2 unspecified atom stereocenters. The number of rotatable bonds is 39. The lowest BCUT2D eigenvalue weighted by Crippen LogP contribution is -2.45. The summed E-state index contributed by atoms with van der Waals surface area (Å²) in [6, 6.07) is -0.633. The van der Waals surface area contributed by atoms with Crippen LogP contribution in [0.15, 0.2) is 24.3 Å². The highest BCUT2D eigenvalue weighted by molar-refractivity contribution is 5.76. The molecule has 48 heavy (non-hydrogen) atoms. The minimum Gasteiger partial charge on any atom is -0.394 e. The number of carbonyl (C=O) groups excluding carboxylic acids is 1. The molecule has 0 spiro atoms. The number of carbonyl (C=O) groups is 1. The maximum absolute atomic E-state index is 12.3. The van der Waals surface area contributed by atoms with Crippen LogP contribution in [0.5, 0.6) is 0 Å². The van der Waals surface area contributed by atoms with E-state index in [1.807, 2.05) is 6.08 Å². The van der Waals surface area contributed by atoms with E-state index in [0.29, 0.717) is 6.42 Å². The van der Waals surface area contributed by atoms with Crippen molar-refractivity contribution in [2.75, 3.05) is 6.61 Å². The van der Waals surface area contributed by atoms with Crippen molar-refractivity contribution >= 4 is 5.91 Å². The molecule has 0 aromatic carbocycles. The van der Waals surface area contributed by atoms with E-state index in [0.717, 1.165) is 32.1 Å². The Hall–Kier alpha value is -1.13. The van der Waals surface area contributed by atoms with E-state index in [2.05, 4.69) is 31.3 Å². The Labute approximate surface area is 300 Å². The fourth-order valence-electron chi connectivity index (χ4n) is 6.61. The molecule has 0 saturated heterocycles. The van der Waals surface area contributed by atoms with Crippen LogP contribution in [0.4, 0.5) is 0 Å². The number of aliphatic hydroxyl groups excluding tert-OH is 2. The molecule has 0 aliphatic carbocycles. The van der Waals surface area contributed by atoms with E-state index in [4.69, 9.17) is 0 Å². The number of unbranched alkanes of at least 4 members (excludes halogenated alkanes) is 30. The van der Waals surface area contributed by atoms with E-state index in [-0.39, 0.29) is 12.5 Å². The van der Waals surface area contributed by atoms with Gasteiger partial charge in [0, 0.05) is 6.42 Å². The average Bonchev–Trinajstić information content (AvgIpc) is 3.09. The molecule has 0 fully saturated rings. The summed E-state index contributed by atoms with van der Waals surface area (Å²) in [4.78, 5) is 12.3. The number of amides is 1. The molecule has 0 aliphatic heterocycles. The third kappa shape index (κ3) is 36.2. The lowest BCUT2D eigenvalue weighted by molar-refractivity contribution is -0.123. The van der Waals surface area contributed by atoms with Crippen LogP contribution in [0.3, 0.4) is 0 Å². The normalized spacial score (nSPS) is 13.2. The molecule has 284 valence electrons. The molecular weight excluding hydrogens is 590 g/mol. The number of hydrogen-bond acceptors (Lipinski definition) is 3. The van der Waals surface area contributed by atoms with Gasteiger partial charge in [0.05, 0.1) is 18.8 Å². The first-order valence-electron chi connectivity index (χ1n) is 21.6. The Balaban J connectivity index is 3.56. The van der Waals surface area contributed by atoms with Crippen molar-refractivity contribution in [3.63, 3.8) is 0 Å². The molecular formula is C44H85NO3. The lowest BCUT2D eigenvalue weighted by Gasteiger charge is -2.19. The monoisotopic (exact) mass is 676 g/mol. The van der Waals surface area contributed by atoms with Gasteiger partial charge in [-0.05, 0) is 32.1 Å². The predicted molar refractivity (Wildman–Crippen MR) is 212 cm³/mol. The fourth-order valence-corrected chi connectivity index (χ4v) is 6.61. The zero-order chi connectivity index (χ0) is 35.0. The molecule has 0 aromatic rings. The number of aliphatic hydroxyl groups is 2. The molecule has 4 nitrogen and oxygen atoms in total. The summed E-state index contributed by atoms with van der Waals surface area (Å²) in [7, 11) is 0. The molecule has 2 atom stereocenters. The maximum Gasteiger partial charge on any atom is 0.220 e. The topological polar surface area (TPSA) is 69.6 Å². The Bertz CT molecular complexity index is 691. The van der Waals surface area contributed by atoms with Crippen molar-refractivity contribution in [3.8, 4) is 0 Å². The quantitative estimate of drug-likeness (QED) is 0.0448. The Morgan fingerprint density at radius 3 is 1.21 bits per heavy atom. The smallest absolute Gasteiger partial charge is 0.220 e.